The summed E-state index contributed by atoms with van der Waals surface area (Å²) in [5.74, 6) is -1.97. The van der Waals surface area contributed by atoms with Crippen molar-refractivity contribution in [3.05, 3.63) is 94.7 Å². The van der Waals surface area contributed by atoms with Crippen molar-refractivity contribution in [1.82, 2.24) is 15.6 Å². The standard InChI is InChI=1S/C41H45N5O12/c1-7-26-16-31(37(47)44-28-12-10-27(11-13-28)36(42)46-41(51)58-24(5)57-39(49)22(2)3)30(17-33(26)52-6)29-14-15-32(38(48)43-18-25-8-9-25)45-35(29)40(50)54-19-34-23(4)55-20-53-21-56-34/h7,10-17,22,24-25H,1,8-9,18-21H2,2-6H3,(H,43,48)(H,44,47)(H2,42,46,51). The number of amides is 3. The van der Waals surface area contributed by atoms with E-state index >= 15 is 0 Å². The summed E-state index contributed by atoms with van der Waals surface area (Å²) in [5.41, 5.74) is 1.23. The number of nitrogens with zero attached hydrogens (tertiary/aromatic N) is 1. The average Bonchev–Trinajstić information content (AvgIpc) is 4.06. The van der Waals surface area contributed by atoms with E-state index in [-0.39, 0.29) is 65.4 Å². The van der Waals surface area contributed by atoms with Crippen molar-refractivity contribution in [1.29, 1.82) is 5.41 Å². The molecule has 3 amide bonds. The molecular formula is C41H45N5O12. The van der Waals surface area contributed by atoms with Gasteiger partial charge in [0.25, 0.3) is 11.8 Å². The fraction of sp³-hybridized carbons (Fsp3) is 0.341. The van der Waals surface area contributed by atoms with Gasteiger partial charge >= 0.3 is 18.0 Å². The lowest BCUT2D eigenvalue weighted by atomic mass is 9.94. The summed E-state index contributed by atoms with van der Waals surface area (Å²) in [5, 5.41) is 16.2. The number of hydrogen-bond donors (Lipinski definition) is 4. The lowest BCUT2D eigenvalue weighted by molar-refractivity contribution is -0.168. The third-order valence-corrected chi connectivity index (χ3v) is 8.78. The Morgan fingerprint density at radius 1 is 0.966 bits per heavy atom. The zero-order chi connectivity index (χ0) is 41.9. The van der Waals surface area contributed by atoms with Crippen LogP contribution in [0.25, 0.3) is 17.2 Å². The molecule has 1 atom stereocenters. The molecule has 306 valence electrons. The zero-order valence-electron chi connectivity index (χ0n) is 32.7. The fourth-order valence-electron chi connectivity index (χ4n) is 5.35. The molecule has 3 aromatic rings. The predicted molar refractivity (Wildman–Crippen MR) is 209 cm³/mol. The molecule has 58 heavy (non-hydrogen) atoms. The Hall–Kier alpha value is -6.75. The van der Waals surface area contributed by atoms with Crippen molar-refractivity contribution in [2.24, 2.45) is 11.8 Å². The van der Waals surface area contributed by atoms with Crippen LogP contribution in [-0.4, -0.2) is 80.8 Å². The van der Waals surface area contributed by atoms with E-state index in [2.05, 4.69) is 27.5 Å². The Morgan fingerprint density at radius 3 is 2.36 bits per heavy atom. The number of nitrogens with one attached hydrogen (secondary N) is 4. The van der Waals surface area contributed by atoms with E-state index in [0.717, 1.165) is 12.8 Å². The molecule has 17 nitrogen and oxygen atoms in total. The van der Waals surface area contributed by atoms with Gasteiger partial charge in [-0.05, 0) is 74.2 Å². The molecule has 1 unspecified atom stereocenters. The molecule has 1 fully saturated rings. The number of aromatic nitrogens is 1. The third kappa shape index (κ3) is 11.2. The van der Waals surface area contributed by atoms with Gasteiger partial charge in [-0.2, -0.15) is 0 Å². The van der Waals surface area contributed by atoms with Gasteiger partial charge < -0.3 is 43.8 Å². The third-order valence-electron chi connectivity index (χ3n) is 8.78. The van der Waals surface area contributed by atoms with E-state index in [1.54, 1.807) is 26.8 Å². The van der Waals surface area contributed by atoms with Crippen molar-refractivity contribution in [3.8, 4) is 16.9 Å². The minimum absolute atomic E-state index is 0.0349. The number of hydrogen-bond acceptors (Lipinski definition) is 14. The van der Waals surface area contributed by atoms with E-state index in [1.165, 1.54) is 62.6 Å². The Morgan fingerprint density at radius 2 is 1.69 bits per heavy atom. The van der Waals surface area contributed by atoms with Gasteiger partial charge in [-0.15, -0.1) is 0 Å². The quantitative estimate of drug-likeness (QED) is 0.0623. The molecular weight excluding hydrogens is 754 g/mol. The average molecular weight is 800 g/mol. The Balaban J connectivity index is 1.41. The molecule has 2 aromatic carbocycles. The summed E-state index contributed by atoms with van der Waals surface area (Å²) in [7, 11) is 1.44. The van der Waals surface area contributed by atoms with Crippen LogP contribution in [0.15, 0.2) is 66.6 Å². The van der Waals surface area contributed by atoms with Gasteiger partial charge in [-0.1, -0.05) is 26.5 Å². The molecule has 2 heterocycles. The predicted octanol–water partition coefficient (Wildman–Crippen LogP) is 5.76. The number of benzene rings is 2. The second-order valence-corrected chi connectivity index (χ2v) is 13.5. The van der Waals surface area contributed by atoms with Crippen LogP contribution in [0.2, 0.25) is 0 Å². The van der Waals surface area contributed by atoms with Crippen LogP contribution in [0.1, 0.15) is 83.0 Å². The Kier molecular flexibility index (Phi) is 14.2. The number of carbonyl (C=O) groups is 5. The highest BCUT2D eigenvalue weighted by Crippen LogP contribution is 2.35. The van der Waals surface area contributed by atoms with E-state index < -0.39 is 42.1 Å². The van der Waals surface area contributed by atoms with Crippen LogP contribution in [0.5, 0.6) is 5.75 Å². The largest absolute Gasteiger partial charge is 0.496 e. The molecule has 1 aliphatic heterocycles. The van der Waals surface area contributed by atoms with Crippen LogP contribution in [-0.2, 0) is 33.2 Å². The van der Waals surface area contributed by atoms with E-state index in [0.29, 0.717) is 35.2 Å². The molecule has 0 saturated heterocycles. The normalized spacial score (nSPS) is 14.1. The summed E-state index contributed by atoms with van der Waals surface area (Å²) in [4.78, 5) is 69.6. The fourth-order valence-corrected chi connectivity index (χ4v) is 5.35. The number of methoxy groups -OCH3 is 1. The number of allylic oxidation sites excluding steroid dienone is 1. The molecule has 0 radical (unpaired) electrons. The number of rotatable bonds is 15. The molecule has 5 rings (SSSR count). The molecule has 2 aliphatic rings. The van der Waals surface area contributed by atoms with Crippen molar-refractivity contribution in [2.75, 3.05) is 39.2 Å². The first-order chi connectivity index (χ1) is 27.8. The SMILES string of the molecule is C=Cc1cc(C(=O)Nc2ccc(C(=N)NC(=O)OC(C)OC(=O)C(C)C)cc2)c(-c2ccc(C(=O)NCC3CC3)nc2C(=O)OCC2=C(C)OCOCO2)cc1OC. The summed E-state index contributed by atoms with van der Waals surface area (Å²) in [6, 6.07) is 12.0. The van der Waals surface area contributed by atoms with Gasteiger partial charge in [0.15, 0.2) is 31.6 Å². The maximum Gasteiger partial charge on any atom is 0.415 e. The summed E-state index contributed by atoms with van der Waals surface area (Å²) in [6.07, 6.45) is 1.36. The number of anilines is 1. The lowest BCUT2D eigenvalue weighted by Crippen LogP contribution is -2.35. The molecule has 0 spiro atoms. The van der Waals surface area contributed by atoms with Gasteiger partial charge in [0.05, 0.1) is 13.0 Å². The van der Waals surface area contributed by atoms with Crippen LogP contribution < -0.4 is 20.7 Å². The first kappa shape index (κ1) is 42.4. The van der Waals surface area contributed by atoms with Gasteiger partial charge in [0.1, 0.15) is 23.0 Å². The molecule has 4 N–H and O–H groups in total. The lowest BCUT2D eigenvalue weighted by Gasteiger charge is -2.17. The molecule has 1 aliphatic carbocycles. The second kappa shape index (κ2) is 19.4. The van der Waals surface area contributed by atoms with Gasteiger partial charge in [0.2, 0.25) is 6.29 Å². The second-order valence-electron chi connectivity index (χ2n) is 13.5. The van der Waals surface area contributed by atoms with Gasteiger partial charge in [0, 0.05) is 47.0 Å². The Bertz CT molecular complexity index is 2110. The molecule has 1 aromatic heterocycles. The first-order valence-electron chi connectivity index (χ1n) is 18.3. The topological polar surface area (TPSA) is 223 Å². The van der Waals surface area contributed by atoms with Gasteiger partial charge in [-0.3, -0.25) is 25.1 Å². The maximum absolute atomic E-state index is 14.1. The number of carbonyl (C=O) groups excluding carboxylic acids is 5. The maximum atomic E-state index is 14.1. The highest BCUT2D eigenvalue weighted by atomic mass is 16.8. The number of alkyl carbamates (subject to hydrolysis) is 1. The van der Waals surface area contributed by atoms with Crippen LogP contribution >= 0.6 is 0 Å². The number of ether oxygens (including phenoxy) is 7. The number of esters is 2. The van der Waals surface area contributed by atoms with Crippen LogP contribution in [0, 0.1) is 17.2 Å². The van der Waals surface area contributed by atoms with Crippen molar-refractivity contribution in [2.45, 2.75) is 46.8 Å². The minimum atomic E-state index is -1.18. The molecule has 0 bridgehead atoms. The zero-order valence-corrected chi connectivity index (χ0v) is 32.7. The molecule has 1 saturated carbocycles. The first-order valence-corrected chi connectivity index (χ1v) is 18.3. The highest BCUT2D eigenvalue weighted by molar-refractivity contribution is 6.11. The summed E-state index contributed by atoms with van der Waals surface area (Å²) >= 11 is 0. The molecule has 17 heteroatoms. The Labute approximate surface area is 334 Å². The summed E-state index contributed by atoms with van der Waals surface area (Å²) < 4.78 is 37.3. The van der Waals surface area contributed by atoms with E-state index in [1.807, 2.05) is 0 Å². The van der Waals surface area contributed by atoms with E-state index in [4.69, 9.17) is 38.6 Å². The highest BCUT2D eigenvalue weighted by Gasteiger charge is 2.27. The van der Waals surface area contributed by atoms with Crippen molar-refractivity contribution < 1.29 is 57.1 Å². The van der Waals surface area contributed by atoms with Crippen LogP contribution in [0.3, 0.4) is 0 Å². The summed E-state index contributed by atoms with van der Waals surface area (Å²) in [6.45, 7) is 10.1. The van der Waals surface area contributed by atoms with Crippen LogP contribution in [0.4, 0.5) is 10.5 Å². The van der Waals surface area contributed by atoms with E-state index in [9.17, 15) is 24.0 Å². The van der Waals surface area contributed by atoms with Crippen molar-refractivity contribution in [3.63, 3.8) is 0 Å². The minimum Gasteiger partial charge on any atom is -0.496 e. The number of amidine groups is 1. The smallest absolute Gasteiger partial charge is 0.415 e. The monoisotopic (exact) mass is 799 g/mol. The number of pyridine rings is 1. The van der Waals surface area contributed by atoms with Crippen molar-refractivity contribution >= 4 is 47.4 Å². The van der Waals surface area contributed by atoms with Gasteiger partial charge in [-0.25, -0.2) is 14.6 Å².